The van der Waals surface area contributed by atoms with Crippen LogP contribution in [0.1, 0.15) is 24.3 Å². The van der Waals surface area contributed by atoms with Crippen LogP contribution in [0.25, 0.3) is 6.08 Å². The Kier molecular flexibility index (Phi) is 5.27. The number of cyclic esters (lactones) is 2. The van der Waals surface area contributed by atoms with E-state index in [0.717, 1.165) is 0 Å². The number of rotatable bonds is 4. The number of halogens is 1. The van der Waals surface area contributed by atoms with Crippen LogP contribution in [0.15, 0.2) is 52.5 Å². The third-order valence-corrected chi connectivity index (χ3v) is 4.21. The number of phenols is 1. The summed E-state index contributed by atoms with van der Waals surface area (Å²) >= 11 is 3.21. The smallest absolute Gasteiger partial charge is 0.348 e. The molecule has 26 heavy (non-hydrogen) atoms. The number of benzene rings is 2. The van der Waals surface area contributed by atoms with Gasteiger partial charge in [-0.15, -0.1) is 0 Å². The minimum Gasteiger partial charge on any atom is -0.503 e. The molecule has 1 N–H and O–H groups in total. The molecule has 3 rings (SSSR count). The van der Waals surface area contributed by atoms with Crippen LogP contribution >= 0.6 is 15.9 Å². The Hall–Kier alpha value is -2.80. The SMILES string of the molecule is CCOc1cc(C=C2C(=O)OC(c3ccccc3)OC2=O)cc(Br)c1O. The maximum atomic E-state index is 12.3. The van der Waals surface area contributed by atoms with E-state index in [1.807, 2.05) is 0 Å². The Labute approximate surface area is 158 Å². The molecule has 0 spiro atoms. The quantitative estimate of drug-likeness (QED) is 0.462. The number of hydrogen-bond acceptors (Lipinski definition) is 6. The lowest BCUT2D eigenvalue weighted by Gasteiger charge is -2.24. The Morgan fingerprint density at radius 2 is 1.81 bits per heavy atom. The molecule has 0 atom stereocenters. The molecule has 6 nitrogen and oxygen atoms in total. The van der Waals surface area contributed by atoms with E-state index in [1.165, 1.54) is 12.1 Å². The van der Waals surface area contributed by atoms with E-state index in [1.54, 1.807) is 43.3 Å². The lowest BCUT2D eigenvalue weighted by atomic mass is 10.1. The van der Waals surface area contributed by atoms with Gasteiger partial charge in [0.25, 0.3) is 6.29 Å². The van der Waals surface area contributed by atoms with E-state index < -0.39 is 18.2 Å². The van der Waals surface area contributed by atoms with Gasteiger partial charge in [0.15, 0.2) is 11.5 Å². The fourth-order valence-corrected chi connectivity index (χ4v) is 2.86. The number of aromatic hydroxyl groups is 1. The third kappa shape index (κ3) is 3.72. The zero-order valence-electron chi connectivity index (χ0n) is 13.8. The topological polar surface area (TPSA) is 82.1 Å². The zero-order chi connectivity index (χ0) is 18.7. The van der Waals surface area contributed by atoms with Crippen LogP contribution in [-0.2, 0) is 19.1 Å². The van der Waals surface area contributed by atoms with Gasteiger partial charge in [0, 0.05) is 5.56 Å². The second-order valence-electron chi connectivity index (χ2n) is 5.39. The van der Waals surface area contributed by atoms with Crippen LogP contribution in [-0.4, -0.2) is 23.7 Å². The molecule has 0 aromatic heterocycles. The number of esters is 2. The molecular weight excluding hydrogens is 404 g/mol. The summed E-state index contributed by atoms with van der Waals surface area (Å²) in [5.74, 6) is -1.39. The van der Waals surface area contributed by atoms with E-state index >= 15 is 0 Å². The summed E-state index contributed by atoms with van der Waals surface area (Å²) in [4.78, 5) is 24.5. The average Bonchev–Trinajstić information content (AvgIpc) is 2.63. The number of ether oxygens (including phenoxy) is 3. The summed E-state index contributed by atoms with van der Waals surface area (Å²) in [6, 6.07) is 11.8. The number of phenolic OH excluding ortho intramolecular Hbond substituents is 1. The molecule has 0 radical (unpaired) electrons. The van der Waals surface area contributed by atoms with E-state index in [0.29, 0.717) is 22.2 Å². The Bertz CT molecular complexity index is 855. The van der Waals surface area contributed by atoms with Gasteiger partial charge in [0.1, 0.15) is 5.57 Å². The number of hydrogen-bond donors (Lipinski definition) is 1. The molecule has 134 valence electrons. The Balaban J connectivity index is 1.88. The van der Waals surface area contributed by atoms with Crippen molar-refractivity contribution >= 4 is 33.9 Å². The fraction of sp³-hybridized carbons (Fsp3) is 0.158. The van der Waals surface area contributed by atoms with Gasteiger partial charge in [-0.2, -0.15) is 0 Å². The summed E-state index contributed by atoms with van der Waals surface area (Å²) in [5, 5.41) is 9.95. The molecule has 0 unspecified atom stereocenters. The molecule has 1 aliphatic rings. The molecule has 1 aliphatic heterocycles. The van der Waals surface area contributed by atoms with E-state index in [2.05, 4.69) is 15.9 Å². The largest absolute Gasteiger partial charge is 0.503 e. The highest BCUT2D eigenvalue weighted by molar-refractivity contribution is 9.10. The van der Waals surface area contributed by atoms with Crippen LogP contribution in [0.2, 0.25) is 0 Å². The van der Waals surface area contributed by atoms with Crippen molar-refractivity contribution in [1.82, 2.24) is 0 Å². The van der Waals surface area contributed by atoms with Crippen molar-refractivity contribution in [2.24, 2.45) is 0 Å². The molecule has 1 heterocycles. The summed E-state index contributed by atoms with van der Waals surface area (Å²) in [5.41, 5.74) is 0.802. The summed E-state index contributed by atoms with van der Waals surface area (Å²) in [6.07, 6.45) is 0.261. The van der Waals surface area contributed by atoms with Crippen molar-refractivity contribution in [3.8, 4) is 11.5 Å². The number of carbonyl (C=O) groups excluding carboxylic acids is 2. The summed E-state index contributed by atoms with van der Waals surface area (Å²) < 4.78 is 16.1. The summed E-state index contributed by atoms with van der Waals surface area (Å²) in [6.45, 7) is 2.13. The van der Waals surface area contributed by atoms with E-state index in [-0.39, 0.29) is 17.1 Å². The molecule has 7 heteroatoms. The Morgan fingerprint density at radius 3 is 2.42 bits per heavy atom. The van der Waals surface area contributed by atoms with Crippen molar-refractivity contribution in [2.45, 2.75) is 13.2 Å². The second-order valence-corrected chi connectivity index (χ2v) is 6.25. The predicted octanol–water partition coefficient (Wildman–Crippen LogP) is 3.74. The molecule has 2 aromatic carbocycles. The standard InChI is InChI=1S/C19H15BrO6/c1-2-24-15-10-11(9-14(20)16(15)21)8-13-17(22)25-19(26-18(13)23)12-6-4-3-5-7-12/h3-10,19,21H,2H2,1H3. The lowest BCUT2D eigenvalue weighted by Crippen LogP contribution is -2.29. The van der Waals surface area contributed by atoms with Crippen molar-refractivity contribution in [3.63, 3.8) is 0 Å². The Morgan fingerprint density at radius 1 is 1.15 bits per heavy atom. The van der Waals surface area contributed by atoms with Crippen molar-refractivity contribution in [3.05, 3.63) is 63.6 Å². The van der Waals surface area contributed by atoms with Crippen LogP contribution in [0.4, 0.5) is 0 Å². The first-order chi connectivity index (χ1) is 12.5. The van der Waals surface area contributed by atoms with E-state index in [4.69, 9.17) is 14.2 Å². The molecule has 0 saturated carbocycles. The highest BCUT2D eigenvalue weighted by Gasteiger charge is 2.34. The molecule has 0 amide bonds. The molecule has 1 saturated heterocycles. The van der Waals surface area contributed by atoms with Crippen LogP contribution in [0.3, 0.4) is 0 Å². The van der Waals surface area contributed by atoms with Gasteiger partial charge in [0.05, 0.1) is 11.1 Å². The number of carbonyl (C=O) groups is 2. The zero-order valence-corrected chi connectivity index (χ0v) is 15.4. The van der Waals surface area contributed by atoms with E-state index in [9.17, 15) is 14.7 Å². The fourth-order valence-electron chi connectivity index (χ4n) is 2.40. The third-order valence-electron chi connectivity index (χ3n) is 3.60. The van der Waals surface area contributed by atoms with Gasteiger partial charge in [-0.1, -0.05) is 30.3 Å². The minimum absolute atomic E-state index is 0.0630. The first-order valence-corrected chi connectivity index (χ1v) is 8.62. The van der Waals surface area contributed by atoms with Gasteiger partial charge >= 0.3 is 11.9 Å². The normalized spacial score (nSPS) is 16.7. The van der Waals surface area contributed by atoms with Crippen LogP contribution in [0.5, 0.6) is 11.5 Å². The highest BCUT2D eigenvalue weighted by atomic mass is 79.9. The molecule has 0 bridgehead atoms. The highest BCUT2D eigenvalue weighted by Crippen LogP contribution is 2.36. The predicted molar refractivity (Wildman–Crippen MR) is 96.3 cm³/mol. The van der Waals surface area contributed by atoms with Crippen LogP contribution < -0.4 is 4.74 Å². The minimum atomic E-state index is -1.07. The maximum Gasteiger partial charge on any atom is 0.348 e. The molecule has 1 fully saturated rings. The van der Waals surface area contributed by atoms with Gasteiger partial charge in [0.2, 0.25) is 0 Å². The average molecular weight is 419 g/mol. The maximum absolute atomic E-state index is 12.3. The molecular formula is C19H15BrO6. The lowest BCUT2D eigenvalue weighted by molar-refractivity contribution is -0.195. The first-order valence-electron chi connectivity index (χ1n) is 7.83. The van der Waals surface area contributed by atoms with Crippen molar-refractivity contribution in [2.75, 3.05) is 6.61 Å². The molecule has 2 aromatic rings. The molecule has 0 aliphatic carbocycles. The summed E-state index contributed by atoms with van der Waals surface area (Å²) in [7, 11) is 0. The van der Waals surface area contributed by atoms with Gasteiger partial charge in [-0.3, -0.25) is 0 Å². The van der Waals surface area contributed by atoms with Gasteiger partial charge in [-0.25, -0.2) is 9.59 Å². The van der Waals surface area contributed by atoms with Crippen molar-refractivity contribution < 1.29 is 28.9 Å². The first kappa shape index (κ1) is 18.0. The van der Waals surface area contributed by atoms with Crippen molar-refractivity contribution in [1.29, 1.82) is 0 Å². The van der Waals surface area contributed by atoms with Gasteiger partial charge in [-0.05, 0) is 46.6 Å². The monoisotopic (exact) mass is 418 g/mol. The van der Waals surface area contributed by atoms with Gasteiger partial charge < -0.3 is 19.3 Å². The van der Waals surface area contributed by atoms with Crippen LogP contribution in [0, 0.1) is 0 Å². The second kappa shape index (κ2) is 7.61.